The van der Waals surface area contributed by atoms with Crippen molar-refractivity contribution in [2.45, 2.75) is 17.7 Å². The van der Waals surface area contributed by atoms with Gasteiger partial charge in [-0.15, -0.1) is 11.6 Å². The molecular weight excluding hydrogens is 370 g/mol. The van der Waals surface area contributed by atoms with Crippen molar-refractivity contribution in [1.29, 1.82) is 0 Å². The average molecular weight is 387 g/mol. The third-order valence-corrected chi connectivity index (χ3v) is 6.52. The zero-order chi connectivity index (χ0) is 14.6. The molecule has 0 spiro atoms. The van der Waals surface area contributed by atoms with Gasteiger partial charge in [-0.3, -0.25) is 0 Å². The molecule has 0 N–H and O–H groups in total. The molecule has 1 aromatic rings. The van der Waals surface area contributed by atoms with Crippen LogP contribution in [0.15, 0.2) is 21.5 Å². The van der Waals surface area contributed by atoms with Crippen LogP contribution in [-0.2, 0) is 15.9 Å². The SMILES string of the molecule is CSCCN(C)S(=O)(=O)c1cc(CCl)cc(Br)c1C. The summed E-state index contributed by atoms with van der Waals surface area (Å²) in [6.07, 6.45) is 1.95. The lowest BCUT2D eigenvalue weighted by Crippen LogP contribution is -2.29. The van der Waals surface area contributed by atoms with Crippen molar-refractivity contribution in [2.75, 3.05) is 25.6 Å². The maximum absolute atomic E-state index is 12.5. The molecule has 3 nitrogen and oxygen atoms in total. The number of hydrogen-bond donors (Lipinski definition) is 0. The van der Waals surface area contributed by atoms with Crippen molar-refractivity contribution in [3.8, 4) is 0 Å². The number of nitrogens with zero attached hydrogens (tertiary/aromatic N) is 1. The van der Waals surface area contributed by atoms with Crippen molar-refractivity contribution in [1.82, 2.24) is 4.31 Å². The predicted octanol–water partition coefficient (Wildman–Crippen LogP) is 3.48. The van der Waals surface area contributed by atoms with Crippen LogP contribution in [0.4, 0.5) is 0 Å². The fraction of sp³-hybridized carbons (Fsp3) is 0.500. The van der Waals surface area contributed by atoms with Crippen molar-refractivity contribution < 1.29 is 8.42 Å². The zero-order valence-electron chi connectivity index (χ0n) is 11.1. The molecule has 0 radical (unpaired) electrons. The molecule has 0 aliphatic rings. The third-order valence-electron chi connectivity index (χ3n) is 2.81. The Hall–Kier alpha value is 0.250. The Balaban J connectivity index is 3.24. The van der Waals surface area contributed by atoms with Crippen LogP contribution in [0.1, 0.15) is 11.1 Å². The molecule has 0 unspecified atom stereocenters. The smallest absolute Gasteiger partial charge is 0.207 e. The highest BCUT2D eigenvalue weighted by Crippen LogP contribution is 2.28. The van der Waals surface area contributed by atoms with E-state index in [4.69, 9.17) is 11.6 Å². The Morgan fingerprint density at radius 1 is 1.42 bits per heavy atom. The van der Waals surface area contributed by atoms with E-state index in [2.05, 4.69) is 15.9 Å². The summed E-state index contributed by atoms with van der Waals surface area (Å²) in [5.74, 6) is 1.06. The highest BCUT2D eigenvalue weighted by Gasteiger charge is 2.24. The topological polar surface area (TPSA) is 37.4 Å². The molecule has 0 atom stereocenters. The second-order valence-corrected chi connectivity index (χ2v) is 8.27. The first-order valence-electron chi connectivity index (χ1n) is 5.64. The van der Waals surface area contributed by atoms with E-state index in [0.717, 1.165) is 15.8 Å². The molecule has 1 aromatic carbocycles. The lowest BCUT2D eigenvalue weighted by molar-refractivity contribution is 0.488. The van der Waals surface area contributed by atoms with Crippen LogP contribution < -0.4 is 0 Å². The van der Waals surface area contributed by atoms with Crippen molar-refractivity contribution in [2.24, 2.45) is 0 Å². The third kappa shape index (κ3) is 4.11. The van der Waals surface area contributed by atoms with E-state index in [1.54, 1.807) is 31.8 Å². The Morgan fingerprint density at radius 2 is 2.05 bits per heavy atom. The number of rotatable bonds is 6. The van der Waals surface area contributed by atoms with E-state index in [-0.39, 0.29) is 5.88 Å². The molecule has 0 heterocycles. The van der Waals surface area contributed by atoms with Gasteiger partial charge in [-0.05, 0) is 36.4 Å². The standard InChI is InChI=1S/C12H17BrClNO2S2/c1-9-11(13)6-10(8-14)7-12(9)19(16,17)15(2)4-5-18-3/h6-7H,4-5,8H2,1-3H3. The summed E-state index contributed by atoms with van der Waals surface area (Å²) >= 11 is 10.8. The predicted molar refractivity (Wildman–Crippen MR) is 86.6 cm³/mol. The Morgan fingerprint density at radius 3 is 2.58 bits per heavy atom. The van der Waals surface area contributed by atoms with Gasteiger partial charge in [0.05, 0.1) is 4.90 Å². The number of hydrogen-bond acceptors (Lipinski definition) is 3. The zero-order valence-corrected chi connectivity index (χ0v) is 15.1. The van der Waals surface area contributed by atoms with Crippen LogP contribution in [0, 0.1) is 6.92 Å². The van der Waals surface area contributed by atoms with Crippen molar-refractivity contribution >= 4 is 49.3 Å². The summed E-state index contributed by atoms with van der Waals surface area (Å²) in [5, 5.41) is 0. The maximum atomic E-state index is 12.5. The van der Waals surface area contributed by atoms with Gasteiger partial charge in [0, 0.05) is 29.7 Å². The van der Waals surface area contributed by atoms with E-state index in [1.165, 1.54) is 4.31 Å². The molecule has 0 aromatic heterocycles. The first kappa shape index (κ1) is 17.3. The molecule has 0 amide bonds. The molecule has 0 fully saturated rings. The second kappa shape index (κ2) is 7.31. The van der Waals surface area contributed by atoms with Crippen molar-refractivity contribution in [3.63, 3.8) is 0 Å². The minimum atomic E-state index is -3.47. The summed E-state index contributed by atoms with van der Waals surface area (Å²) in [5.41, 5.74) is 1.50. The molecule has 1 rings (SSSR count). The lowest BCUT2D eigenvalue weighted by Gasteiger charge is -2.19. The monoisotopic (exact) mass is 385 g/mol. The minimum absolute atomic E-state index is 0.288. The van der Waals surface area contributed by atoms with Gasteiger partial charge in [0.25, 0.3) is 0 Å². The van der Waals surface area contributed by atoms with E-state index in [1.807, 2.05) is 12.3 Å². The van der Waals surface area contributed by atoms with E-state index in [0.29, 0.717) is 17.0 Å². The number of alkyl halides is 1. The summed E-state index contributed by atoms with van der Waals surface area (Å²) < 4.78 is 27.2. The van der Waals surface area contributed by atoms with Crippen molar-refractivity contribution in [3.05, 3.63) is 27.7 Å². The van der Waals surface area contributed by atoms with Gasteiger partial charge in [-0.2, -0.15) is 11.8 Å². The molecular formula is C12H17BrClNO2S2. The van der Waals surface area contributed by atoms with E-state index < -0.39 is 10.0 Å². The molecule has 0 saturated heterocycles. The highest BCUT2D eigenvalue weighted by atomic mass is 79.9. The van der Waals surface area contributed by atoms with Crippen LogP contribution >= 0.6 is 39.3 Å². The van der Waals surface area contributed by atoms with Crippen LogP contribution in [0.25, 0.3) is 0 Å². The first-order chi connectivity index (χ1) is 8.84. The molecule has 108 valence electrons. The second-order valence-electron chi connectivity index (χ2n) is 4.15. The molecule has 7 heteroatoms. The lowest BCUT2D eigenvalue weighted by atomic mass is 10.2. The number of halogens is 2. The average Bonchev–Trinajstić information content (AvgIpc) is 2.38. The van der Waals surface area contributed by atoms with Gasteiger partial charge >= 0.3 is 0 Å². The molecule has 0 aliphatic carbocycles. The largest absolute Gasteiger partial charge is 0.243 e. The van der Waals surface area contributed by atoms with E-state index >= 15 is 0 Å². The number of thioether (sulfide) groups is 1. The summed E-state index contributed by atoms with van der Waals surface area (Å²) in [6.45, 7) is 2.28. The number of benzene rings is 1. The van der Waals surface area contributed by atoms with Gasteiger partial charge in [0.1, 0.15) is 0 Å². The quantitative estimate of drug-likeness (QED) is 0.702. The molecule has 19 heavy (non-hydrogen) atoms. The van der Waals surface area contributed by atoms with Gasteiger partial charge < -0.3 is 0 Å². The minimum Gasteiger partial charge on any atom is -0.207 e. The fourth-order valence-corrected chi connectivity index (χ4v) is 4.39. The first-order valence-corrected chi connectivity index (χ1v) is 9.81. The Bertz CT molecular complexity index is 549. The van der Waals surface area contributed by atoms with E-state index in [9.17, 15) is 8.42 Å². The molecule has 0 bridgehead atoms. The normalized spacial score (nSPS) is 12.1. The van der Waals surface area contributed by atoms with Gasteiger partial charge in [-0.1, -0.05) is 15.9 Å². The van der Waals surface area contributed by atoms with Crippen LogP contribution in [0.5, 0.6) is 0 Å². The van der Waals surface area contributed by atoms with Gasteiger partial charge in [-0.25, -0.2) is 12.7 Å². The Labute approximate surface area is 132 Å². The van der Waals surface area contributed by atoms with Crippen LogP contribution in [0.2, 0.25) is 0 Å². The highest BCUT2D eigenvalue weighted by molar-refractivity contribution is 9.10. The number of sulfonamides is 1. The fourth-order valence-electron chi connectivity index (χ4n) is 1.56. The van der Waals surface area contributed by atoms with Crippen LogP contribution in [-0.4, -0.2) is 38.3 Å². The Kier molecular flexibility index (Phi) is 6.66. The summed E-state index contributed by atoms with van der Waals surface area (Å²) in [4.78, 5) is 0.320. The molecule has 0 aliphatic heterocycles. The summed E-state index contributed by atoms with van der Waals surface area (Å²) in [6, 6.07) is 3.50. The maximum Gasteiger partial charge on any atom is 0.243 e. The van der Waals surface area contributed by atoms with Gasteiger partial charge in [0.2, 0.25) is 10.0 Å². The van der Waals surface area contributed by atoms with Crippen LogP contribution in [0.3, 0.4) is 0 Å². The molecule has 0 saturated carbocycles. The van der Waals surface area contributed by atoms with Gasteiger partial charge in [0.15, 0.2) is 0 Å². The summed E-state index contributed by atoms with van der Waals surface area (Å²) in [7, 11) is -1.86.